The third-order valence-electron chi connectivity index (χ3n) is 2.99. The number of hydrogen-bond acceptors (Lipinski definition) is 5. The SMILES string of the molecule is CCOP(=O)(CC1CCNC(C(N)=O)C1)OCC. The van der Waals surface area contributed by atoms with Crippen molar-refractivity contribution in [2.75, 3.05) is 25.9 Å². The highest BCUT2D eigenvalue weighted by atomic mass is 31.2. The predicted molar refractivity (Wildman–Crippen MR) is 69.4 cm³/mol. The Kier molecular flexibility index (Phi) is 6.29. The highest BCUT2D eigenvalue weighted by Gasteiger charge is 2.33. The molecule has 1 amide bonds. The predicted octanol–water partition coefficient (Wildman–Crippen LogP) is 1.11. The van der Waals surface area contributed by atoms with Gasteiger partial charge in [-0.2, -0.15) is 0 Å². The fourth-order valence-corrected chi connectivity index (χ4v) is 4.27. The molecule has 2 unspecified atom stereocenters. The van der Waals surface area contributed by atoms with Crippen LogP contribution in [-0.2, 0) is 18.4 Å². The van der Waals surface area contributed by atoms with E-state index >= 15 is 0 Å². The number of piperidine rings is 1. The molecule has 0 spiro atoms. The topological polar surface area (TPSA) is 90.6 Å². The molecule has 0 aromatic carbocycles. The van der Waals surface area contributed by atoms with E-state index in [1.165, 1.54) is 0 Å². The standard InChI is InChI=1S/C11H23N2O4P/c1-3-16-18(15,17-4-2)8-9-5-6-13-10(7-9)11(12)14/h9-10,13H,3-8H2,1-2H3,(H2,12,14). The van der Waals surface area contributed by atoms with Crippen LogP contribution in [0.2, 0.25) is 0 Å². The molecule has 0 radical (unpaired) electrons. The van der Waals surface area contributed by atoms with Gasteiger partial charge in [-0.1, -0.05) is 0 Å². The second-order valence-electron chi connectivity index (χ2n) is 4.43. The van der Waals surface area contributed by atoms with Crippen LogP contribution >= 0.6 is 7.60 Å². The fraction of sp³-hybridized carbons (Fsp3) is 0.909. The second-order valence-corrected chi connectivity index (χ2v) is 6.53. The maximum Gasteiger partial charge on any atom is 0.330 e. The molecule has 0 bridgehead atoms. The number of nitrogens with one attached hydrogen (secondary N) is 1. The van der Waals surface area contributed by atoms with E-state index in [2.05, 4.69) is 5.32 Å². The van der Waals surface area contributed by atoms with Crippen LogP contribution in [0.15, 0.2) is 0 Å². The van der Waals surface area contributed by atoms with E-state index in [0.29, 0.717) is 32.3 Å². The number of primary amides is 1. The van der Waals surface area contributed by atoms with E-state index in [1.807, 2.05) is 0 Å². The van der Waals surface area contributed by atoms with E-state index < -0.39 is 7.60 Å². The van der Waals surface area contributed by atoms with Crippen molar-refractivity contribution in [3.8, 4) is 0 Å². The summed E-state index contributed by atoms with van der Waals surface area (Å²) >= 11 is 0. The monoisotopic (exact) mass is 278 g/mol. The third kappa shape index (κ3) is 4.69. The summed E-state index contributed by atoms with van der Waals surface area (Å²) in [6.45, 7) is 5.01. The quantitative estimate of drug-likeness (QED) is 0.681. The Morgan fingerprint density at radius 1 is 1.39 bits per heavy atom. The largest absolute Gasteiger partial charge is 0.368 e. The maximum atomic E-state index is 12.4. The lowest BCUT2D eigenvalue weighted by atomic mass is 9.94. The number of nitrogens with two attached hydrogens (primary N) is 1. The van der Waals surface area contributed by atoms with Gasteiger partial charge in [0.2, 0.25) is 5.91 Å². The molecular formula is C11H23N2O4P. The Morgan fingerprint density at radius 2 is 2.00 bits per heavy atom. The van der Waals surface area contributed by atoms with Gasteiger partial charge in [-0.25, -0.2) is 0 Å². The normalized spacial score (nSPS) is 25.0. The Balaban J connectivity index is 2.58. The first-order valence-electron chi connectivity index (χ1n) is 6.41. The van der Waals surface area contributed by atoms with Gasteiger partial charge >= 0.3 is 7.60 Å². The third-order valence-corrected chi connectivity index (χ3v) is 5.26. The smallest absolute Gasteiger partial charge is 0.330 e. The summed E-state index contributed by atoms with van der Waals surface area (Å²) in [5, 5.41) is 3.05. The molecule has 6 nitrogen and oxygen atoms in total. The number of carbonyl (C=O) groups is 1. The Hall–Kier alpha value is -0.420. The van der Waals surface area contributed by atoms with Gasteiger partial charge < -0.3 is 20.1 Å². The summed E-state index contributed by atoms with van der Waals surface area (Å²) in [6.07, 6.45) is 1.81. The summed E-state index contributed by atoms with van der Waals surface area (Å²) in [4.78, 5) is 11.1. The molecule has 1 fully saturated rings. The van der Waals surface area contributed by atoms with Gasteiger partial charge in [0.05, 0.1) is 25.4 Å². The van der Waals surface area contributed by atoms with E-state index in [1.54, 1.807) is 13.8 Å². The molecule has 0 saturated carbocycles. The maximum absolute atomic E-state index is 12.4. The van der Waals surface area contributed by atoms with Crippen LogP contribution in [0.5, 0.6) is 0 Å². The van der Waals surface area contributed by atoms with Gasteiger partial charge in [-0.05, 0) is 39.2 Å². The van der Waals surface area contributed by atoms with Gasteiger partial charge in [-0.3, -0.25) is 9.36 Å². The van der Waals surface area contributed by atoms with Gasteiger partial charge in [0, 0.05) is 0 Å². The highest BCUT2D eigenvalue weighted by molar-refractivity contribution is 7.53. The molecule has 0 aromatic rings. The molecular weight excluding hydrogens is 255 g/mol. The first-order valence-corrected chi connectivity index (χ1v) is 8.14. The minimum atomic E-state index is -3.02. The first kappa shape index (κ1) is 15.6. The molecule has 106 valence electrons. The summed E-state index contributed by atoms with van der Waals surface area (Å²) in [7, 11) is -3.02. The number of amides is 1. The number of carbonyl (C=O) groups excluding carboxylic acids is 1. The molecule has 0 aliphatic carbocycles. The van der Waals surface area contributed by atoms with Crippen LogP contribution < -0.4 is 11.1 Å². The molecule has 1 saturated heterocycles. The van der Waals surface area contributed by atoms with Crippen molar-refractivity contribution in [3.05, 3.63) is 0 Å². The van der Waals surface area contributed by atoms with Crippen molar-refractivity contribution in [2.24, 2.45) is 11.7 Å². The number of rotatable bonds is 7. The Labute approximate surface area is 108 Å². The van der Waals surface area contributed by atoms with Crippen LogP contribution in [0.3, 0.4) is 0 Å². The molecule has 7 heteroatoms. The lowest BCUT2D eigenvalue weighted by Crippen LogP contribution is -2.47. The molecule has 0 aromatic heterocycles. The van der Waals surface area contributed by atoms with Crippen LogP contribution in [-0.4, -0.2) is 37.9 Å². The molecule has 1 heterocycles. The van der Waals surface area contributed by atoms with Crippen molar-refractivity contribution in [3.63, 3.8) is 0 Å². The van der Waals surface area contributed by atoms with E-state index in [9.17, 15) is 9.36 Å². The van der Waals surface area contributed by atoms with Gasteiger partial charge in [0.1, 0.15) is 0 Å². The molecule has 3 N–H and O–H groups in total. The van der Waals surface area contributed by atoms with Crippen LogP contribution in [0.4, 0.5) is 0 Å². The summed E-state index contributed by atoms with van der Waals surface area (Å²) < 4.78 is 22.9. The zero-order chi connectivity index (χ0) is 13.6. The van der Waals surface area contributed by atoms with Crippen molar-refractivity contribution in [1.29, 1.82) is 0 Å². The summed E-state index contributed by atoms with van der Waals surface area (Å²) in [5.41, 5.74) is 5.28. The van der Waals surface area contributed by atoms with Crippen LogP contribution in [0.1, 0.15) is 26.7 Å². The molecule has 1 aliphatic heterocycles. The molecule has 18 heavy (non-hydrogen) atoms. The van der Waals surface area contributed by atoms with Gasteiger partial charge in [0.15, 0.2) is 0 Å². The Morgan fingerprint density at radius 3 is 2.50 bits per heavy atom. The zero-order valence-corrected chi connectivity index (χ0v) is 11.9. The highest BCUT2D eigenvalue weighted by Crippen LogP contribution is 2.50. The van der Waals surface area contributed by atoms with Crippen molar-refractivity contribution >= 4 is 13.5 Å². The zero-order valence-electron chi connectivity index (χ0n) is 11.1. The summed E-state index contributed by atoms with van der Waals surface area (Å²) in [6, 6.07) is -0.333. The lowest BCUT2D eigenvalue weighted by Gasteiger charge is -2.30. The average molecular weight is 278 g/mol. The Bertz CT molecular complexity index is 314. The van der Waals surface area contributed by atoms with Crippen LogP contribution in [0, 0.1) is 5.92 Å². The van der Waals surface area contributed by atoms with E-state index in [-0.39, 0.29) is 17.9 Å². The average Bonchev–Trinajstić information content (AvgIpc) is 2.29. The van der Waals surface area contributed by atoms with Crippen LogP contribution in [0.25, 0.3) is 0 Å². The van der Waals surface area contributed by atoms with Crippen molar-refractivity contribution in [1.82, 2.24) is 5.32 Å². The molecule has 1 rings (SSSR count). The van der Waals surface area contributed by atoms with Crippen molar-refractivity contribution in [2.45, 2.75) is 32.7 Å². The molecule has 1 aliphatic rings. The summed E-state index contributed by atoms with van der Waals surface area (Å²) in [5.74, 6) is -0.213. The minimum Gasteiger partial charge on any atom is -0.368 e. The molecule has 2 atom stereocenters. The fourth-order valence-electron chi connectivity index (χ4n) is 2.23. The first-order chi connectivity index (χ1) is 8.50. The van der Waals surface area contributed by atoms with Gasteiger partial charge in [0.25, 0.3) is 0 Å². The van der Waals surface area contributed by atoms with Gasteiger partial charge in [-0.15, -0.1) is 0 Å². The lowest BCUT2D eigenvalue weighted by molar-refractivity contribution is -0.120. The minimum absolute atomic E-state index is 0.146. The van der Waals surface area contributed by atoms with Crippen molar-refractivity contribution < 1.29 is 18.4 Å². The number of hydrogen-bond donors (Lipinski definition) is 2. The van der Waals surface area contributed by atoms with E-state index in [0.717, 1.165) is 6.42 Å². The van der Waals surface area contributed by atoms with E-state index in [4.69, 9.17) is 14.8 Å². The second kappa shape index (κ2) is 7.24.